The van der Waals surface area contributed by atoms with Crippen molar-refractivity contribution in [3.63, 3.8) is 0 Å². The lowest BCUT2D eigenvalue weighted by molar-refractivity contribution is 0.287. The lowest BCUT2D eigenvalue weighted by Gasteiger charge is -2.14. The van der Waals surface area contributed by atoms with Gasteiger partial charge in [0.1, 0.15) is 18.2 Å². The molecular weight excluding hydrogens is 292 g/mol. The van der Waals surface area contributed by atoms with E-state index in [2.05, 4.69) is 40.8 Å². The predicted octanol–water partition coefficient (Wildman–Crippen LogP) is 3.89. The minimum atomic E-state index is 0.430. The first-order valence-corrected chi connectivity index (χ1v) is 6.75. The number of ether oxygens (including phenoxy) is 1. The molecule has 1 heterocycles. The molecule has 4 heteroatoms. The summed E-state index contributed by atoms with van der Waals surface area (Å²) in [4.78, 5) is 4.25. The van der Waals surface area contributed by atoms with Gasteiger partial charge in [-0.3, -0.25) is 0 Å². The Bertz CT molecular complexity index is 534. The Kier molecular flexibility index (Phi) is 4.07. The van der Waals surface area contributed by atoms with E-state index in [0.29, 0.717) is 12.5 Å². The van der Waals surface area contributed by atoms with E-state index < -0.39 is 0 Å². The van der Waals surface area contributed by atoms with E-state index in [1.54, 1.807) is 6.20 Å². The predicted molar refractivity (Wildman–Crippen MR) is 75.8 cm³/mol. The minimum absolute atomic E-state index is 0.430. The third-order valence-electron chi connectivity index (χ3n) is 2.87. The molecular formula is C14H17BrN2O. The smallest absolute Gasteiger partial charge is 0.146 e. The summed E-state index contributed by atoms with van der Waals surface area (Å²) in [5.41, 5.74) is 1.21. The molecule has 0 N–H and O–H groups in total. The second-order valence-corrected chi connectivity index (χ2v) is 5.50. The van der Waals surface area contributed by atoms with Crippen molar-refractivity contribution in [2.75, 3.05) is 0 Å². The van der Waals surface area contributed by atoms with E-state index in [1.807, 2.05) is 29.9 Å². The van der Waals surface area contributed by atoms with Crippen LogP contribution in [0.2, 0.25) is 0 Å². The maximum Gasteiger partial charge on any atom is 0.146 e. The molecule has 0 radical (unpaired) electrons. The number of imidazole rings is 1. The first kappa shape index (κ1) is 13.1. The molecule has 0 saturated carbocycles. The molecule has 0 spiro atoms. The summed E-state index contributed by atoms with van der Waals surface area (Å²) in [6.45, 7) is 4.82. The van der Waals surface area contributed by atoms with Crippen molar-refractivity contribution < 1.29 is 4.74 Å². The highest BCUT2D eigenvalue weighted by atomic mass is 79.9. The highest BCUT2D eigenvalue weighted by molar-refractivity contribution is 9.10. The molecule has 0 aliphatic heterocycles. The minimum Gasteiger partial charge on any atom is -0.485 e. The summed E-state index contributed by atoms with van der Waals surface area (Å²) in [5, 5.41) is 0. The van der Waals surface area contributed by atoms with Gasteiger partial charge in [-0.1, -0.05) is 29.8 Å². The quantitative estimate of drug-likeness (QED) is 0.857. The molecule has 1 aromatic carbocycles. The lowest BCUT2D eigenvalue weighted by atomic mass is 10.0. The van der Waals surface area contributed by atoms with Crippen molar-refractivity contribution in [1.82, 2.24) is 9.55 Å². The van der Waals surface area contributed by atoms with Crippen molar-refractivity contribution in [2.45, 2.75) is 26.4 Å². The summed E-state index contributed by atoms with van der Waals surface area (Å²) in [5.74, 6) is 2.28. The van der Waals surface area contributed by atoms with Gasteiger partial charge in [0.25, 0.3) is 0 Å². The Labute approximate surface area is 116 Å². The molecule has 0 amide bonds. The molecule has 0 unspecified atom stereocenters. The fourth-order valence-corrected chi connectivity index (χ4v) is 2.16. The Morgan fingerprint density at radius 2 is 2.17 bits per heavy atom. The summed E-state index contributed by atoms with van der Waals surface area (Å²) >= 11 is 3.49. The van der Waals surface area contributed by atoms with Crippen LogP contribution in [0.3, 0.4) is 0 Å². The topological polar surface area (TPSA) is 27.1 Å². The first-order chi connectivity index (χ1) is 8.58. The normalized spacial score (nSPS) is 10.9. The zero-order chi connectivity index (χ0) is 13.1. The standard InChI is InChI=1S/C14H17BrN2O/c1-10(2)12-8-11(15)4-5-13(12)18-9-14-16-6-7-17(14)3/h4-8,10H,9H2,1-3H3. The van der Waals surface area contributed by atoms with Crippen LogP contribution >= 0.6 is 15.9 Å². The molecule has 18 heavy (non-hydrogen) atoms. The molecule has 96 valence electrons. The molecule has 2 aromatic rings. The Balaban J connectivity index is 2.16. The largest absolute Gasteiger partial charge is 0.485 e. The molecule has 0 saturated heterocycles. The van der Waals surface area contributed by atoms with Crippen molar-refractivity contribution in [3.8, 4) is 5.75 Å². The van der Waals surface area contributed by atoms with Gasteiger partial charge < -0.3 is 9.30 Å². The van der Waals surface area contributed by atoms with E-state index >= 15 is 0 Å². The zero-order valence-electron chi connectivity index (χ0n) is 10.9. The van der Waals surface area contributed by atoms with Crippen molar-refractivity contribution in [3.05, 3.63) is 46.5 Å². The Morgan fingerprint density at radius 1 is 1.39 bits per heavy atom. The third kappa shape index (κ3) is 2.93. The van der Waals surface area contributed by atoms with Gasteiger partial charge in [-0.2, -0.15) is 0 Å². The zero-order valence-corrected chi connectivity index (χ0v) is 12.4. The van der Waals surface area contributed by atoms with E-state index in [1.165, 1.54) is 5.56 Å². The van der Waals surface area contributed by atoms with Crippen LogP contribution in [0.1, 0.15) is 31.2 Å². The molecule has 0 aliphatic carbocycles. The van der Waals surface area contributed by atoms with Crippen molar-refractivity contribution in [1.29, 1.82) is 0 Å². The molecule has 1 aromatic heterocycles. The lowest BCUT2D eigenvalue weighted by Crippen LogP contribution is -2.05. The van der Waals surface area contributed by atoms with E-state index in [-0.39, 0.29) is 0 Å². The fourth-order valence-electron chi connectivity index (χ4n) is 1.78. The maximum atomic E-state index is 5.87. The summed E-state index contributed by atoms with van der Waals surface area (Å²) in [6.07, 6.45) is 3.70. The van der Waals surface area contributed by atoms with Gasteiger partial charge in [-0.05, 0) is 29.7 Å². The third-order valence-corrected chi connectivity index (χ3v) is 3.36. The number of aryl methyl sites for hydroxylation is 1. The van der Waals surface area contributed by atoms with Gasteiger partial charge in [-0.25, -0.2) is 4.98 Å². The molecule has 2 rings (SSSR count). The molecule has 0 bridgehead atoms. The number of hydrogen-bond acceptors (Lipinski definition) is 2. The highest BCUT2D eigenvalue weighted by Gasteiger charge is 2.09. The highest BCUT2D eigenvalue weighted by Crippen LogP contribution is 2.29. The van der Waals surface area contributed by atoms with E-state index in [0.717, 1.165) is 16.0 Å². The number of aromatic nitrogens is 2. The second kappa shape index (κ2) is 5.57. The fraction of sp³-hybridized carbons (Fsp3) is 0.357. The van der Waals surface area contributed by atoms with Crippen LogP contribution in [-0.4, -0.2) is 9.55 Å². The van der Waals surface area contributed by atoms with E-state index in [4.69, 9.17) is 4.74 Å². The van der Waals surface area contributed by atoms with Crippen molar-refractivity contribution in [2.24, 2.45) is 7.05 Å². The van der Waals surface area contributed by atoms with Crippen molar-refractivity contribution >= 4 is 15.9 Å². The molecule has 0 atom stereocenters. The van der Waals surface area contributed by atoms with Crippen LogP contribution in [0.4, 0.5) is 0 Å². The van der Waals surface area contributed by atoms with Crippen LogP contribution in [0, 0.1) is 0 Å². The van der Waals surface area contributed by atoms with Gasteiger partial charge in [0.15, 0.2) is 0 Å². The average molecular weight is 309 g/mol. The van der Waals surface area contributed by atoms with Gasteiger partial charge >= 0.3 is 0 Å². The first-order valence-electron chi connectivity index (χ1n) is 5.96. The summed E-state index contributed by atoms with van der Waals surface area (Å²) in [6, 6.07) is 6.11. The Hall–Kier alpha value is -1.29. The summed E-state index contributed by atoms with van der Waals surface area (Å²) < 4.78 is 8.92. The molecule has 0 aliphatic rings. The monoisotopic (exact) mass is 308 g/mol. The van der Waals surface area contributed by atoms with Gasteiger partial charge in [-0.15, -0.1) is 0 Å². The SMILES string of the molecule is CC(C)c1cc(Br)ccc1OCc1nccn1C. The number of hydrogen-bond donors (Lipinski definition) is 0. The summed E-state index contributed by atoms with van der Waals surface area (Å²) in [7, 11) is 1.97. The van der Waals surface area contributed by atoms with Crippen LogP contribution < -0.4 is 4.74 Å². The average Bonchev–Trinajstić information content (AvgIpc) is 2.73. The van der Waals surface area contributed by atoms with Crippen LogP contribution in [0.15, 0.2) is 35.1 Å². The number of rotatable bonds is 4. The molecule has 3 nitrogen and oxygen atoms in total. The number of benzene rings is 1. The Morgan fingerprint density at radius 3 is 2.78 bits per heavy atom. The number of nitrogens with zero attached hydrogens (tertiary/aromatic N) is 2. The van der Waals surface area contributed by atoms with Gasteiger partial charge in [0.05, 0.1) is 0 Å². The molecule has 0 fully saturated rings. The van der Waals surface area contributed by atoms with Gasteiger partial charge in [0, 0.05) is 23.9 Å². The van der Waals surface area contributed by atoms with Crippen LogP contribution in [-0.2, 0) is 13.7 Å². The van der Waals surface area contributed by atoms with Crippen LogP contribution in [0.25, 0.3) is 0 Å². The number of halogens is 1. The second-order valence-electron chi connectivity index (χ2n) is 4.58. The van der Waals surface area contributed by atoms with Gasteiger partial charge in [0.2, 0.25) is 0 Å². The van der Waals surface area contributed by atoms with E-state index in [9.17, 15) is 0 Å². The van der Waals surface area contributed by atoms with Crippen LogP contribution in [0.5, 0.6) is 5.75 Å². The maximum absolute atomic E-state index is 5.87.